The highest BCUT2D eigenvalue weighted by Crippen LogP contribution is 2.27. The predicted molar refractivity (Wildman–Crippen MR) is 119 cm³/mol. The lowest BCUT2D eigenvalue weighted by Gasteiger charge is -2.19. The van der Waals surface area contributed by atoms with Gasteiger partial charge in [-0.15, -0.1) is 0 Å². The summed E-state index contributed by atoms with van der Waals surface area (Å²) in [7, 11) is 1.70. The molecule has 7 heteroatoms. The highest BCUT2D eigenvalue weighted by atomic mass is 16.2. The maximum atomic E-state index is 12.8. The smallest absolute Gasteiger partial charge is 0.326 e. The molecule has 2 heterocycles. The minimum Gasteiger partial charge on any atom is -0.398 e. The van der Waals surface area contributed by atoms with Crippen LogP contribution in [0.5, 0.6) is 0 Å². The molecule has 0 fully saturated rings. The number of aryl methyl sites for hydroxylation is 2. The first-order chi connectivity index (χ1) is 13.8. The van der Waals surface area contributed by atoms with Crippen LogP contribution in [0.2, 0.25) is 0 Å². The number of nitrogen functional groups attached to an aromatic ring is 2. The fourth-order valence-corrected chi connectivity index (χ4v) is 3.38. The van der Waals surface area contributed by atoms with Crippen molar-refractivity contribution >= 4 is 50.6 Å². The molecule has 0 aliphatic carbocycles. The number of rotatable bonds is 2. The number of carbonyl (C=O) groups is 1. The molecule has 5 N–H and O–H groups in total. The zero-order valence-electron chi connectivity index (χ0n) is 16.5. The number of nitrogens with one attached hydrogen (secondary N) is 1. The van der Waals surface area contributed by atoms with Gasteiger partial charge in [0.15, 0.2) is 0 Å². The zero-order valence-corrected chi connectivity index (χ0v) is 16.5. The molecule has 0 aliphatic rings. The van der Waals surface area contributed by atoms with Crippen molar-refractivity contribution in [3.8, 4) is 0 Å². The lowest BCUT2D eigenvalue weighted by Crippen LogP contribution is -2.31. The minimum atomic E-state index is -0.277. The first-order valence-electron chi connectivity index (χ1n) is 9.20. The normalized spacial score (nSPS) is 11.0. The van der Waals surface area contributed by atoms with E-state index in [1.807, 2.05) is 62.4 Å². The van der Waals surface area contributed by atoms with Crippen molar-refractivity contribution in [1.29, 1.82) is 0 Å². The third-order valence-corrected chi connectivity index (χ3v) is 4.86. The Labute approximate surface area is 168 Å². The Balaban J connectivity index is 1.61. The van der Waals surface area contributed by atoms with E-state index in [1.54, 1.807) is 7.05 Å². The number of pyridine rings is 2. The fraction of sp³-hybridized carbons (Fsp3) is 0.136. The van der Waals surface area contributed by atoms with Crippen molar-refractivity contribution in [1.82, 2.24) is 9.97 Å². The van der Waals surface area contributed by atoms with Crippen LogP contribution in [0.25, 0.3) is 21.8 Å². The van der Waals surface area contributed by atoms with Crippen molar-refractivity contribution < 1.29 is 4.79 Å². The summed E-state index contributed by atoms with van der Waals surface area (Å²) in [6, 6.07) is 14.4. The summed E-state index contributed by atoms with van der Waals surface area (Å²) in [6.45, 7) is 3.80. The van der Waals surface area contributed by atoms with E-state index in [0.717, 1.165) is 33.2 Å². The molecule has 0 saturated carbocycles. The van der Waals surface area contributed by atoms with E-state index in [0.29, 0.717) is 22.7 Å². The van der Waals surface area contributed by atoms with E-state index in [4.69, 9.17) is 11.5 Å². The number of hydrogen-bond acceptors (Lipinski definition) is 5. The Morgan fingerprint density at radius 2 is 1.41 bits per heavy atom. The van der Waals surface area contributed by atoms with Gasteiger partial charge in [0, 0.05) is 52.0 Å². The molecule has 0 aliphatic heterocycles. The first-order valence-corrected chi connectivity index (χ1v) is 9.20. The van der Waals surface area contributed by atoms with Crippen LogP contribution in [-0.2, 0) is 0 Å². The van der Waals surface area contributed by atoms with Gasteiger partial charge < -0.3 is 16.8 Å². The lowest BCUT2D eigenvalue weighted by molar-refractivity contribution is 0.258. The molecule has 0 bridgehead atoms. The molecule has 0 radical (unpaired) electrons. The summed E-state index contributed by atoms with van der Waals surface area (Å²) in [5.74, 6) is 0. The molecule has 2 amide bonds. The Morgan fingerprint density at radius 3 is 2.03 bits per heavy atom. The van der Waals surface area contributed by atoms with Crippen LogP contribution in [-0.4, -0.2) is 23.0 Å². The number of benzene rings is 2. The van der Waals surface area contributed by atoms with Crippen molar-refractivity contribution in [2.24, 2.45) is 0 Å². The largest absolute Gasteiger partial charge is 0.398 e. The van der Waals surface area contributed by atoms with Gasteiger partial charge in [0.05, 0.1) is 11.0 Å². The fourth-order valence-electron chi connectivity index (χ4n) is 3.38. The van der Waals surface area contributed by atoms with Gasteiger partial charge >= 0.3 is 6.03 Å². The average Bonchev–Trinajstić information content (AvgIpc) is 2.67. The molecule has 0 saturated heterocycles. The molecule has 2 aromatic carbocycles. The number of nitrogens with two attached hydrogens (primary N) is 2. The van der Waals surface area contributed by atoms with E-state index < -0.39 is 0 Å². The predicted octanol–water partition coefficient (Wildman–Crippen LogP) is 4.23. The third-order valence-electron chi connectivity index (χ3n) is 4.86. The summed E-state index contributed by atoms with van der Waals surface area (Å²) in [5, 5.41) is 4.52. The number of urea groups is 1. The second-order valence-corrected chi connectivity index (χ2v) is 7.13. The number of nitrogens with zero attached hydrogens (tertiary/aromatic N) is 3. The molecule has 7 nitrogen and oxygen atoms in total. The van der Waals surface area contributed by atoms with Gasteiger partial charge in [-0.1, -0.05) is 0 Å². The van der Waals surface area contributed by atoms with Crippen LogP contribution >= 0.6 is 0 Å². The maximum absolute atomic E-state index is 12.8. The van der Waals surface area contributed by atoms with Crippen LogP contribution in [0.3, 0.4) is 0 Å². The molecule has 0 atom stereocenters. The van der Waals surface area contributed by atoms with Crippen molar-refractivity contribution in [3.63, 3.8) is 0 Å². The van der Waals surface area contributed by atoms with Crippen LogP contribution in [0.1, 0.15) is 11.4 Å². The second-order valence-electron chi connectivity index (χ2n) is 7.13. The van der Waals surface area contributed by atoms with Crippen LogP contribution in [0, 0.1) is 13.8 Å². The van der Waals surface area contributed by atoms with E-state index in [9.17, 15) is 4.79 Å². The van der Waals surface area contributed by atoms with Crippen LogP contribution < -0.4 is 21.7 Å². The number of anilines is 4. The summed E-state index contributed by atoms with van der Waals surface area (Å²) in [5.41, 5.74) is 18.2. The SMILES string of the molecule is Cc1cc(N)c2cc(NC(=O)N(C)c3ccc4nc(C)cc(N)c4c3)ccc2n1. The van der Waals surface area contributed by atoms with Crippen LogP contribution in [0.15, 0.2) is 48.5 Å². The first kappa shape index (κ1) is 18.5. The number of amides is 2. The maximum Gasteiger partial charge on any atom is 0.326 e. The molecule has 0 unspecified atom stereocenters. The summed E-state index contributed by atoms with van der Waals surface area (Å²) in [4.78, 5) is 23.2. The van der Waals surface area contributed by atoms with Gasteiger partial charge in [0.25, 0.3) is 0 Å². The quantitative estimate of drug-likeness (QED) is 0.477. The Kier molecular flexibility index (Phi) is 4.43. The monoisotopic (exact) mass is 386 g/mol. The highest BCUT2D eigenvalue weighted by molar-refractivity contribution is 6.05. The molecule has 29 heavy (non-hydrogen) atoms. The number of carbonyl (C=O) groups excluding carboxylic acids is 1. The highest BCUT2D eigenvalue weighted by Gasteiger charge is 2.13. The average molecular weight is 386 g/mol. The van der Waals surface area contributed by atoms with E-state index >= 15 is 0 Å². The number of aromatic nitrogens is 2. The van der Waals surface area contributed by atoms with Crippen molar-refractivity contribution in [3.05, 3.63) is 59.9 Å². The summed E-state index contributed by atoms with van der Waals surface area (Å²) < 4.78 is 0. The topological polar surface area (TPSA) is 110 Å². The second kappa shape index (κ2) is 6.94. The lowest BCUT2D eigenvalue weighted by atomic mass is 10.1. The Morgan fingerprint density at radius 1 is 0.862 bits per heavy atom. The van der Waals surface area contributed by atoms with E-state index in [2.05, 4.69) is 15.3 Å². The Hall–Kier alpha value is -3.87. The van der Waals surface area contributed by atoms with E-state index in [-0.39, 0.29) is 6.03 Å². The van der Waals surface area contributed by atoms with Gasteiger partial charge in [0.1, 0.15) is 0 Å². The summed E-state index contributed by atoms with van der Waals surface area (Å²) in [6.07, 6.45) is 0. The van der Waals surface area contributed by atoms with Gasteiger partial charge in [-0.3, -0.25) is 14.9 Å². The Bertz CT molecular complexity index is 1270. The standard InChI is InChI=1S/C22H22N6O/c1-12-8-18(23)16-10-14(4-6-20(16)25-12)27-22(29)28(3)15-5-7-21-17(11-15)19(24)9-13(2)26-21/h4-11H,1-3H3,(H2,23,25)(H2,24,26)(H,27,29). The molecular formula is C22H22N6O. The molecule has 2 aromatic heterocycles. The number of fused-ring (bicyclic) bond motifs is 2. The zero-order chi connectivity index (χ0) is 20.7. The molecule has 146 valence electrons. The van der Waals surface area contributed by atoms with Crippen molar-refractivity contribution in [2.45, 2.75) is 13.8 Å². The number of hydrogen-bond donors (Lipinski definition) is 3. The van der Waals surface area contributed by atoms with Crippen LogP contribution in [0.4, 0.5) is 27.5 Å². The molecular weight excluding hydrogens is 364 g/mol. The summed E-state index contributed by atoms with van der Waals surface area (Å²) >= 11 is 0. The van der Waals surface area contributed by atoms with Gasteiger partial charge in [-0.05, 0) is 62.4 Å². The molecule has 0 spiro atoms. The molecule has 4 rings (SSSR count). The minimum absolute atomic E-state index is 0.277. The third kappa shape index (κ3) is 3.50. The van der Waals surface area contributed by atoms with E-state index in [1.165, 1.54) is 4.90 Å². The van der Waals surface area contributed by atoms with Gasteiger partial charge in [0.2, 0.25) is 0 Å². The van der Waals surface area contributed by atoms with Gasteiger partial charge in [-0.25, -0.2) is 4.79 Å². The van der Waals surface area contributed by atoms with Gasteiger partial charge in [-0.2, -0.15) is 0 Å². The van der Waals surface area contributed by atoms with Crippen molar-refractivity contribution in [2.75, 3.05) is 28.7 Å². The molecule has 4 aromatic rings.